The molecule has 4 aliphatic heterocycles. The molecule has 0 aliphatic carbocycles. The SMILES string of the molecule is N#C[C@H]1CCOCC1N1NC(Nc2ccc(C3(C(F)(F)F)CCNC3)cc2)C2C(=O)NCCC21. The summed E-state index contributed by atoms with van der Waals surface area (Å²) in [6.07, 6.45) is -3.42. The van der Waals surface area contributed by atoms with Gasteiger partial charge in [0.2, 0.25) is 5.91 Å². The number of rotatable bonds is 4. The third-order valence-electron chi connectivity index (χ3n) is 7.77. The van der Waals surface area contributed by atoms with Gasteiger partial charge < -0.3 is 20.7 Å². The minimum absolute atomic E-state index is 0.00978. The predicted molar refractivity (Wildman–Crippen MR) is 117 cm³/mol. The Hall–Kier alpha value is -2.39. The number of carbonyl (C=O) groups is 1. The number of hydrazine groups is 1. The predicted octanol–water partition coefficient (Wildman–Crippen LogP) is 1.47. The van der Waals surface area contributed by atoms with E-state index < -0.39 is 23.7 Å². The van der Waals surface area contributed by atoms with Crippen molar-refractivity contribution in [1.29, 1.82) is 5.26 Å². The van der Waals surface area contributed by atoms with Gasteiger partial charge in [0.1, 0.15) is 11.6 Å². The molecule has 5 unspecified atom stereocenters. The van der Waals surface area contributed by atoms with Crippen LogP contribution >= 0.6 is 0 Å². The number of alkyl halides is 3. The number of nitrogens with zero attached hydrogens (tertiary/aromatic N) is 2. The highest BCUT2D eigenvalue weighted by atomic mass is 19.4. The van der Waals surface area contributed by atoms with E-state index in [0.717, 1.165) is 6.42 Å². The summed E-state index contributed by atoms with van der Waals surface area (Å²) in [4.78, 5) is 12.8. The number of fused-ring (bicyclic) bond motifs is 1. The number of hydrogen-bond acceptors (Lipinski definition) is 7. The van der Waals surface area contributed by atoms with Gasteiger partial charge in [-0.1, -0.05) is 12.1 Å². The van der Waals surface area contributed by atoms with Crippen LogP contribution in [0.25, 0.3) is 0 Å². The number of halogens is 3. The number of piperidine rings is 1. The van der Waals surface area contributed by atoms with Gasteiger partial charge in [0, 0.05) is 31.4 Å². The van der Waals surface area contributed by atoms with Crippen LogP contribution in [-0.2, 0) is 14.9 Å². The van der Waals surface area contributed by atoms with Crippen LogP contribution < -0.4 is 21.4 Å². The lowest BCUT2D eigenvalue weighted by Crippen LogP contribution is -2.56. The number of carbonyl (C=O) groups excluding carboxylic acids is 1. The first-order valence-electron chi connectivity index (χ1n) is 11.8. The molecule has 34 heavy (non-hydrogen) atoms. The number of amides is 1. The van der Waals surface area contributed by atoms with Crippen molar-refractivity contribution in [1.82, 2.24) is 21.1 Å². The average molecular weight is 479 g/mol. The Morgan fingerprint density at radius 3 is 2.65 bits per heavy atom. The quantitative estimate of drug-likeness (QED) is 0.520. The van der Waals surface area contributed by atoms with E-state index in [4.69, 9.17) is 4.74 Å². The summed E-state index contributed by atoms with van der Waals surface area (Å²) in [5.41, 5.74) is 2.37. The molecule has 4 saturated heterocycles. The largest absolute Gasteiger partial charge is 0.399 e. The first-order valence-corrected chi connectivity index (χ1v) is 11.8. The summed E-state index contributed by atoms with van der Waals surface area (Å²) < 4.78 is 47.3. The van der Waals surface area contributed by atoms with Crippen LogP contribution in [0.4, 0.5) is 18.9 Å². The average Bonchev–Trinajstić information content (AvgIpc) is 3.47. The van der Waals surface area contributed by atoms with Crippen LogP contribution in [0.5, 0.6) is 0 Å². The van der Waals surface area contributed by atoms with Crippen molar-refractivity contribution < 1.29 is 22.7 Å². The standard InChI is InChI=1S/C23H29F3N6O2/c24-23(25,26)22(7-9-28-13-22)15-1-3-16(4-2-15)30-20-19-17(5-8-29-21(19)33)32(31-20)18-12-34-10-6-14(18)11-27/h1-4,14,17-20,28,30-31H,5-10,12-13H2,(H,29,33)/t14-,17?,18?,19?,20?,22?/m1/s1. The highest BCUT2D eigenvalue weighted by Gasteiger charge is 2.57. The second kappa shape index (κ2) is 9.00. The Bertz CT molecular complexity index is 944. The molecule has 0 bridgehead atoms. The van der Waals surface area contributed by atoms with Gasteiger partial charge in [-0.2, -0.15) is 18.4 Å². The van der Waals surface area contributed by atoms with Gasteiger partial charge in [0.15, 0.2) is 0 Å². The van der Waals surface area contributed by atoms with E-state index in [2.05, 4.69) is 27.4 Å². The molecule has 0 aromatic heterocycles. The highest BCUT2D eigenvalue weighted by molar-refractivity contribution is 5.82. The van der Waals surface area contributed by atoms with E-state index in [1.165, 1.54) is 12.1 Å². The Kier molecular flexibility index (Phi) is 6.18. The zero-order valence-electron chi connectivity index (χ0n) is 18.7. The number of anilines is 1. The fourth-order valence-electron chi connectivity index (χ4n) is 5.86. The normalized spacial score (nSPS) is 36.5. The summed E-state index contributed by atoms with van der Waals surface area (Å²) >= 11 is 0. The Morgan fingerprint density at radius 1 is 1.18 bits per heavy atom. The molecule has 0 radical (unpaired) electrons. The maximum Gasteiger partial charge on any atom is 0.399 e. The number of nitrogens with one attached hydrogen (secondary N) is 4. The molecule has 6 atom stereocenters. The van der Waals surface area contributed by atoms with Crippen LogP contribution in [0, 0.1) is 23.2 Å². The van der Waals surface area contributed by atoms with Crippen molar-refractivity contribution in [2.24, 2.45) is 11.8 Å². The Labute approximate surface area is 196 Å². The summed E-state index contributed by atoms with van der Waals surface area (Å²) in [6, 6.07) is 8.42. The molecule has 8 nitrogen and oxygen atoms in total. The van der Waals surface area contributed by atoms with Crippen LogP contribution in [-0.4, -0.2) is 68.2 Å². The first-order chi connectivity index (χ1) is 16.3. The fourth-order valence-corrected chi connectivity index (χ4v) is 5.86. The van der Waals surface area contributed by atoms with Crippen molar-refractivity contribution in [2.45, 2.75) is 49.1 Å². The first kappa shape index (κ1) is 23.4. The molecule has 4 aliphatic rings. The van der Waals surface area contributed by atoms with Gasteiger partial charge in [-0.25, -0.2) is 10.4 Å². The van der Waals surface area contributed by atoms with Gasteiger partial charge in [0.25, 0.3) is 0 Å². The molecule has 1 amide bonds. The third kappa shape index (κ3) is 3.92. The van der Waals surface area contributed by atoms with E-state index in [0.29, 0.717) is 38.4 Å². The molecular formula is C23H29F3N6O2. The van der Waals surface area contributed by atoms with E-state index in [1.807, 2.05) is 5.01 Å². The molecule has 5 rings (SSSR count). The molecule has 0 spiro atoms. The van der Waals surface area contributed by atoms with Crippen molar-refractivity contribution in [3.8, 4) is 6.07 Å². The minimum atomic E-state index is -4.34. The van der Waals surface area contributed by atoms with E-state index in [1.54, 1.807) is 12.1 Å². The van der Waals surface area contributed by atoms with E-state index >= 15 is 0 Å². The van der Waals surface area contributed by atoms with Crippen molar-refractivity contribution in [3.63, 3.8) is 0 Å². The van der Waals surface area contributed by atoms with Crippen molar-refractivity contribution >= 4 is 11.6 Å². The maximum atomic E-state index is 13.9. The Balaban J connectivity index is 1.36. The van der Waals surface area contributed by atoms with Crippen LogP contribution in [0.2, 0.25) is 0 Å². The highest BCUT2D eigenvalue weighted by Crippen LogP contribution is 2.45. The molecule has 4 heterocycles. The third-order valence-corrected chi connectivity index (χ3v) is 7.77. The van der Waals surface area contributed by atoms with Crippen LogP contribution in [0.1, 0.15) is 24.8 Å². The van der Waals surface area contributed by atoms with Gasteiger partial charge in [-0.3, -0.25) is 4.79 Å². The summed E-state index contributed by atoms with van der Waals surface area (Å²) in [6.45, 7) is 1.70. The van der Waals surface area contributed by atoms with Crippen molar-refractivity contribution in [3.05, 3.63) is 29.8 Å². The second-order valence-electron chi connectivity index (χ2n) is 9.58. The molecule has 1 aromatic rings. The summed E-state index contributed by atoms with van der Waals surface area (Å²) in [5.74, 6) is -0.697. The van der Waals surface area contributed by atoms with Crippen LogP contribution in [0.15, 0.2) is 24.3 Å². The smallest absolute Gasteiger partial charge is 0.380 e. The van der Waals surface area contributed by atoms with Gasteiger partial charge in [-0.15, -0.1) is 0 Å². The molecule has 4 N–H and O–H groups in total. The fraction of sp³-hybridized carbons (Fsp3) is 0.652. The molecule has 0 saturated carbocycles. The monoisotopic (exact) mass is 478 g/mol. The topological polar surface area (TPSA) is 101 Å². The van der Waals surface area contributed by atoms with Crippen molar-refractivity contribution in [2.75, 3.05) is 38.2 Å². The zero-order valence-corrected chi connectivity index (χ0v) is 18.7. The number of ether oxygens (including phenoxy) is 1. The lowest BCUT2D eigenvalue weighted by atomic mass is 9.79. The van der Waals surface area contributed by atoms with Crippen LogP contribution in [0.3, 0.4) is 0 Å². The van der Waals surface area contributed by atoms with Gasteiger partial charge in [0.05, 0.1) is 30.6 Å². The maximum absolute atomic E-state index is 13.9. The van der Waals surface area contributed by atoms with E-state index in [9.17, 15) is 23.2 Å². The summed E-state index contributed by atoms with van der Waals surface area (Å²) in [7, 11) is 0. The summed E-state index contributed by atoms with van der Waals surface area (Å²) in [5, 5.41) is 20.7. The van der Waals surface area contributed by atoms with E-state index in [-0.39, 0.29) is 42.4 Å². The number of nitriles is 1. The molecule has 11 heteroatoms. The minimum Gasteiger partial charge on any atom is -0.380 e. The zero-order chi connectivity index (χ0) is 23.9. The molecule has 4 fully saturated rings. The lowest BCUT2D eigenvalue weighted by Gasteiger charge is -2.39. The van der Waals surface area contributed by atoms with Gasteiger partial charge >= 0.3 is 6.18 Å². The number of benzene rings is 1. The molecule has 184 valence electrons. The van der Waals surface area contributed by atoms with Gasteiger partial charge in [-0.05, 0) is 43.5 Å². The number of hydrogen-bond donors (Lipinski definition) is 4. The molecular weight excluding hydrogens is 449 g/mol. The lowest BCUT2D eigenvalue weighted by molar-refractivity contribution is -0.185. The Morgan fingerprint density at radius 2 is 1.97 bits per heavy atom. The molecule has 1 aromatic carbocycles. The second-order valence-corrected chi connectivity index (χ2v) is 9.58.